The number of carbonyl (C=O) groups is 1. The van der Waals surface area contributed by atoms with Gasteiger partial charge in [-0.3, -0.25) is 9.48 Å². The number of aliphatic hydroxyl groups is 1. The number of aliphatic hydroxyl groups excluding tert-OH is 1. The molecule has 1 amide bonds. The first-order chi connectivity index (χ1) is 10.1. The first kappa shape index (κ1) is 14.8. The highest BCUT2D eigenvalue weighted by atomic mass is 16.2. The molecule has 5 nitrogen and oxygen atoms in total. The van der Waals surface area contributed by atoms with Gasteiger partial charge in [0.2, 0.25) is 0 Å². The molecule has 2 N–H and O–H groups in total. The number of carbonyl (C=O) groups excluding carboxylic acids is 1. The zero-order valence-corrected chi connectivity index (χ0v) is 12.1. The van der Waals surface area contributed by atoms with Gasteiger partial charge in [0.25, 0.3) is 5.91 Å². The van der Waals surface area contributed by atoms with Crippen LogP contribution < -0.4 is 5.32 Å². The third kappa shape index (κ3) is 3.94. The fourth-order valence-electron chi connectivity index (χ4n) is 1.81. The van der Waals surface area contributed by atoms with Crippen LogP contribution in [0.1, 0.15) is 28.0 Å². The lowest BCUT2D eigenvalue weighted by Crippen LogP contribution is -2.14. The Morgan fingerprint density at radius 1 is 1.43 bits per heavy atom. The van der Waals surface area contributed by atoms with Crippen LogP contribution in [0.2, 0.25) is 0 Å². The number of nitrogens with zero attached hydrogens (tertiary/aromatic N) is 2. The molecule has 0 saturated carbocycles. The van der Waals surface area contributed by atoms with E-state index in [0.717, 1.165) is 11.1 Å². The van der Waals surface area contributed by atoms with Gasteiger partial charge in [-0.1, -0.05) is 17.9 Å². The van der Waals surface area contributed by atoms with E-state index < -0.39 is 0 Å². The lowest BCUT2D eigenvalue weighted by molar-refractivity contribution is 0.102. The lowest BCUT2D eigenvalue weighted by atomic mass is 10.1. The highest BCUT2D eigenvalue weighted by Crippen LogP contribution is 2.17. The highest BCUT2D eigenvalue weighted by molar-refractivity contribution is 6.03. The number of aromatic nitrogens is 2. The SMILES string of the molecule is Cc1ccc(NC(=O)c2ccn(C)n2)c(C#CCCO)c1. The first-order valence-corrected chi connectivity index (χ1v) is 6.61. The third-order valence-corrected chi connectivity index (χ3v) is 2.83. The Morgan fingerprint density at radius 2 is 2.24 bits per heavy atom. The Morgan fingerprint density at radius 3 is 2.90 bits per heavy atom. The van der Waals surface area contributed by atoms with Crippen molar-refractivity contribution in [2.75, 3.05) is 11.9 Å². The van der Waals surface area contributed by atoms with E-state index in [9.17, 15) is 4.79 Å². The molecule has 21 heavy (non-hydrogen) atoms. The number of anilines is 1. The third-order valence-electron chi connectivity index (χ3n) is 2.83. The van der Waals surface area contributed by atoms with E-state index in [2.05, 4.69) is 22.3 Å². The Hall–Kier alpha value is -2.58. The van der Waals surface area contributed by atoms with E-state index >= 15 is 0 Å². The molecule has 0 unspecified atom stereocenters. The molecule has 0 saturated heterocycles. The number of aryl methyl sites for hydroxylation is 2. The summed E-state index contributed by atoms with van der Waals surface area (Å²) in [6, 6.07) is 7.28. The van der Waals surface area contributed by atoms with Crippen LogP contribution in [0.3, 0.4) is 0 Å². The van der Waals surface area contributed by atoms with Crippen LogP contribution in [-0.4, -0.2) is 27.4 Å². The monoisotopic (exact) mass is 283 g/mol. The van der Waals surface area contributed by atoms with E-state index in [1.54, 1.807) is 24.0 Å². The molecule has 2 rings (SSSR count). The predicted octanol–water partition coefficient (Wildman–Crippen LogP) is 1.71. The van der Waals surface area contributed by atoms with Crippen LogP contribution >= 0.6 is 0 Å². The maximum absolute atomic E-state index is 12.1. The van der Waals surface area contributed by atoms with Crippen LogP contribution in [0, 0.1) is 18.8 Å². The van der Waals surface area contributed by atoms with Crippen molar-refractivity contribution in [1.82, 2.24) is 9.78 Å². The predicted molar refractivity (Wildman–Crippen MR) is 80.9 cm³/mol. The quantitative estimate of drug-likeness (QED) is 0.843. The lowest BCUT2D eigenvalue weighted by Gasteiger charge is -2.07. The van der Waals surface area contributed by atoms with E-state index in [4.69, 9.17) is 5.11 Å². The fraction of sp³-hybridized carbons (Fsp3) is 0.250. The second-order valence-corrected chi connectivity index (χ2v) is 4.65. The fourth-order valence-corrected chi connectivity index (χ4v) is 1.81. The van der Waals surface area contributed by atoms with E-state index in [1.807, 2.05) is 25.1 Å². The van der Waals surface area contributed by atoms with Crippen molar-refractivity contribution >= 4 is 11.6 Å². The molecule has 0 aliphatic carbocycles. The van der Waals surface area contributed by atoms with Crippen LogP contribution in [-0.2, 0) is 7.05 Å². The van der Waals surface area contributed by atoms with Gasteiger partial charge in [0, 0.05) is 25.2 Å². The molecule has 0 bridgehead atoms. The minimum Gasteiger partial charge on any atom is -0.395 e. The molecule has 5 heteroatoms. The molecule has 1 heterocycles. The van der Waals surface area contributed by atoms with E-state index in [1.165, 1.54) is 0 Å². The standard InChI is InChI=1S/C16H17N3O2/c1-12-6-7-14(13(11-12)5-3-4-10-20)17-16(21)15-8-9-19(2)18-15/h6-9,11,20H,4,10H2,1-2H3,(H,17,21). The number of rotatable bonds is 3. The van der Waals surface area contributed by atoms with E-state index in [-0.39, 0.29) is 12.5 Å². The molecule has 2 aromatic rings. The van der Waals surface area contributed by atoms with Crippen LogP contribution in [0.25, 0.3) is 0 Å². The maximum atomic E-state index is 12.1. The number of benzene rings is 1. The van der Waals surface area contributed by atoms with Crippen molar-refractivity contribution in [3.8, 4) is 11.8 Å². The number of hydrogen-bond donors (Lipinski definition) is 2. The molecule has 0 aliphatic heterocycles. The Bertz CT molecular complexity index is 708. The Labute approximate surface area is 123 Å². The normalized spacial score (nSPS) is 9.86. The summed E-state index contributed by atoms with van der Waals surface area (Å²) in [4.78, 5) is 12.1. The van der Waals surface area contributed by atoms with Crippen molar-refractivity contribution < 1.29 is 9.90 Å². The molecular formula is C16H17N3O2. The second kappa shape index (κ2) is 6.73. The first-order valence-electron chi connectivity index (χ1n) is 6.61. The molecular weight excluding hydrogens is 266 g/mol. The van der Waals surface area contributed by atoms with Crippen molar-refractivity contribution in [1.29, 1.82) is 0 Å². The Kier molecular flexibility index (Phi) is 4.75. The molecule has 0 fully saturated rings. The van der Waals surface area contributed by atoms with Crippen molar-refractivity contribution in [3.05, 3.63) is 47.3 Å². The number of hydrogen-bond acceptors (Lipinski definition) is 3. The van der Waals surface area contributed by atoms with Gasteiger partial charge in [-0.15, -0.1) is 0 Å². The molecule has 0 aliphatic rings. The minimum atomic E-state index is -0.273. The largest absolute Gasteiger partial charge is 0.395 e. The number of amides is 1. The topological polar surface area (TPSA) is 67.2 Å². The zero-order valence-electron chi connectivity index (χ0n) is 12.1. The molecule has 108 valence electrons. The summed E-state index contributed by atoms with van der Waals surface area (Å²) in [6.07, 6.45) is 2.12. The van der Waals surface area contributed by atoms with Gasteiger partial charge in [0.15, 0.2) is 5.69 Å². The van der Waals surface area contributed by atoms with Gasteiger partial charge >= 0.3 is 0 Å². The van der Waals surface area contributed by atoms with Crippen molar-refractivity contribution in [2.24, 2.45) is 7.05 Å². The summed E-state index contributed by atoms with van der Waals surface area (Å²) < 4.78 is 1.58. The summed E-state index contributed by atoms with van der Waals surface area (Å²) >= 11 is 0. The van der Waals surface area contributed by atoms with Crippen LogP contribution in [0.4, 0.5) is 5.69 Å². The van der Waals surface area contributed by atoms with Gasteiger partial charge in [-0.2, -0.15) is 5.10 Å². The summed E-state index contributed by atoms with van der Waals surface area (Å²) in [5.41, 5.74) is 2.78. The summed E-state index contributed by atoms with van der Waals surface area (Å²) in [5, 5.41) is 15.7. The van der Waals surface area contributed by atoms with E-state index in [0.29, 0.717) is 17.8 Å². The van der Waals surface area contributed by atoms with Gasteiger partial charge in [0.05, 0.1) is 12.3 Å². The Balaban J connectivity index is 2.23. The molecule has 1 aromatic carbocycles. The number of nitrogens with one attached hydrogen (secondary N) is 1. The smallest absolute Gasteiger partial charge is 0.276 e. The van der Waals surface area contributed by atoms with Gasteiger partial charge in [-0.05, 0) is 30.7 Å². The average molecular weight is 283 g/mol. The van der Waals surface area contributed by atoms with Gasteiger partial charge < -0.3 is 10.4 Å². The van der Waals surface area contributed by atoms with Gasteiger partial charge in [0.1, 0.15) is 0 Å². The van der Waals surface area contributed by atoms with Crippen LogP contribution in [0.15, 0.2) is 30.5 Å². The van der Waals surface area contributed by atoms with Crippen molar-refractivity contribution in [3.63, 3.8) is 0 Å². The molecule has 0 radical (unpaired) electrons. The summed E-state index contributed by atoms with van der Waals surface area (Å²) in [7, 11) is 1.76. The second-order valence-electron chi connectivity index (χ2n) is 4.65. The summed E-state index contributed by atoms with van der Waals surface area (Å²) in [6.45, 7) is 1.98. The van der Waals surface area contributed by atoms with Gasteiger partial charge in [-0.25, -0.2) is 0 Å². The zero-order chi connectivity index (χ0) is 15.2. The molecule has 1 aromatic heterocycles. The van der Waals surface area contributed by atoms with Crippen molar-refractivity contribution in [2.45, 2.75) is 13.3 Å². The minimum absolute atomic E-state index is 0.0223. The molecule has 0 spiro atoms. The average Bonchev–Trinajstić information content (AvgIpc) is 2.88. The maximum Gasteiger partial charge on any atom is 0.276 e. The highest BCUT2D eigenvalue weighted by Gasteiger charge is 2.11. The van der Waals surface area contributed by atoms with Crippen LogP contribution in [0.5, 0.6) is 0 Å². The summed E-state index contributed by atoms with van der Waals surface area (Å²) in [5.74, 6) is 5.56. The molecule has 0 atom stereocenters.